The third-order valence-electron chi connectivity index (χ3n) is 20.7. The highest BCUT2D eigenvalue weighted by Crippen LogP contribution is 2.78. The fraction of sp³-hybridized carbons (Fsp3) is 0.650. The second-order valence-electron chi connectivity index (χ2n) is 24.1. The first-order valence-corrected chi connectivity index (χ1v) is 28.7. The topological polar surface area (TPSA) is 105 Å². The summed E-state index contributed by atoms with van der Waals surface area (Å²) in [7, 11) is -1.86. The number of hydrogen-bond acceptors (Lipinski definition) is 7. The van der Waals surface area contributed by atoms with Crippen molar-refractivity contribution in [3.63, 3.8) is 0 Å². The third kappa shape index (κ3) is 8.80. The van der Waals surface area contributed by atoms with Gasteiger partial charge in [-0.2, -0.15) is 0 Å². The molecule has 1 heterocycles. The molecule has 6 aliphatic rings. The maximum absolute atomic E-state index is 14.8. The van der Waals surface area contributed by atoms with E-state index in [1.807, 2.05) is 0 Å². The van der Waals surface area contributed by atoms with Crippen molar-refractivity contribution in [2.75, 3.05) is 12.8 Å². The van der Waals surface area contributed by atoms with Crippen molar-refractivity contribution >= 4 is 29.1 Å². The van der Waals surface area contributed by atoms with Crippen LogP contribution in [0.5, 0.6) is 0 Å². The highest BCUT2D eigenvalue weighted by molar-refractivity contribution is 7.95. The summed E-state index contributed by atoms with van der Waals surface area (Å²) < 4.78 is 19.1. The van der Waals surface area contributed by atoms with Gasteiger partial charge in [0, 0.05) is 0 Å². The Morgan fingerprint density at radius 2 is 1.28 bits per heavy atom. The number of unbranched alkanes of at least 4 members (excludes halogenated alkanes) is 3. The molecule has 5 saturated carbocycles. The minimum atomic E-state index is -1.86. The number of esters is 1. The van der Waals surface area contributed by atoms with Crippen LogP contribution in [0.15, 0.2) is 103 Å². The van der Waals surface area contributed by atoms with E-state index in [2.05, 4.69) is 139 Å². The molecule has 0 radical (unpaired) electrons. The van der Waals surface area contributed by atoms with Crippen molar-refractivity contribution in [1.29, 1.82) is 0 Å². The number of hydrogen-bond donors (Lipinski definition) is 3. The molecule has 378 valence electrons. The number of fused-ring (bicyclic) bond motifs is 7. The number of benzene rings is 3. The molecule has 15 atom stereocenters. The summed E-state index contributed by atoms with van der Waals surface area (Å²) in [5, 5.41) is 36.2. The maximum atomic E-state index is 14.8. The van der Waals surface area contributed by atoms with Crippen LogP contribution in [0.25, 0.3) is 0 Å². The van der Waals surface area contributed by atoms with E-state index in [4.69, 9.17) is 14.2 Å². The summed E-state index contributed by atoms with van der Waals surface area (Å²) in [5.41, 5.74) is 0.958. The molecule has 69 heavy (non-hydrogen) atoms. The van der Waals surface area contributed by atoms with Gasteiger partial charge in [-0.3, -0.25) is 4.79 Å². The monoisotopic (exact) mass is 1030 g/mol. The van der Waals surface area contributed by atoms with Crippen LogP contribution in [0.1, 0.15) is 138 Å². The second kappa shape index (κ2) is 20.5. The van der Waals surface area contributed by atoms with Crippen LogP contribution in [0, 0.1) is 56.7 Å². The van der Waals surface area contributed by atoms with Crippen LogP contribution in [0.2, 0.25) is 0 Å². The first-order valence-electron chi connectivity index (χ1n) is 26.7. The Bertz CT molecular complexity index is 2130. The first kappa shape index (κ1) is 52.9. The lowest BCUT2D eigenvalue weighted by Crippen LogP contribution is -3.00. The van der Waals surface area contributed by atoms with Crippen LogP contribution in [0.3, 0.4) is 0 Å². The van der Waals surface area contributed by atoms with Crippen molar-refractivity contribution < 1.29 is 51.3 Å². The smallest absolute Gasteiger partial charge is 0.312 e. The van der Waals surface area contributed by atoms with Gasteiger partial charge < -0.3 is 46.5 Å². The van der Waals surface area contributed by atoms with E-state index < -0.39 is 43.4 Å². The van der Waals surface area contributed by atoms with Gasteiger partial charge in [0.2, 0.25) is 0 Å². The molecule has 1 saturated heterocycles. The van der Waals surface area contributed by atoms with E-state index in [1.54, 1.807) is 6.92 Å². The number of carbonyl (C=O) groups excluding carboxylic acids is 1. The molecule has 0 amide bonds. The summed E-state index contributed by atoms with van der Waals surface area (Å²) in [6.45, 7) is 21.6. The van der Waals surface area contributed by atoms with Gasteiger partial charge in [-0.25, -0.2) is 0 Å². The van der Waals surface area contributed by atoms with Crippen LogP contribution in [0.4, 0.5) is 0 Å². The normalized spacial score (nSPS) is 39.1. The van der Waals surface area contributed by atoms with Crippen LogP contribution in [-0.2, 0) is 19.0 Å². The minimum Gasteiger partial charge on any atom is -1.00 e. The lowest BCUT2D eigenvalue weighted by atomic mass is 9.32. The van der Waals surface area contributed by atoms with Crippen molar-refractivity contribution in [1.82, 2.24) is 0 Å². The van der Waals surface area contributed by atoms with Crippen LogP contribution >= 0.6 is 7.26 Å². The van der Waals surface area contributed by atoms with Crippen LogP contribution in [-0.4, -0.2) is 70.9 Å². The molecule has 0 bridgehead atoms. The summed E-state index contributed by atoms with van der Waals surface area (Å²) >= 11 is 0. The number of carbonyl (C=O) groups is 1. The summed E-state index contributed by atoms with van der Waals surface area (Å²) in [5.74, 6) is 2.09. The third-order valence-corrected chi connectivity index (χ3v) is 25.3. The zero-order valence-corrected chi connectivity index (χ0v) is 45.3. The predicted molar refractivity (Wildman–Crippen MR) is 276 cm³/mol. The number of rotatable bonds is 14. The van der Waals surface area contributed by atoms with Gasteiger partial charge >= 0.3 is 5.97 Å². The molecular formula is C60H84BrO7P. The van der Waals surface area contributed by atoms with E-state index in [1.165, 1.54) is 27.9 Å². The van der Waals surface area contributed by atoms with Crippen LogP contribution < -0.4 is 32.9 Å². The summed E-state index contributed by atoms with van der Waals surface area (Å²) in [6, 6.07) is 33.5. The molecule has 3 aromatic rings. The molecular weight excluding hydrogens is 944 g/mol. The minimum absolute atomic E-state index is 0. The Kier molecular flexibility index (Phi) is 15.7. The summed E-state index contributed by atoms with van der Waals surface area (Å²) in [4.78, 5) is 14.8. The molecule has 3 aromatic carbocycles. The Morgan fingerprint density at radius 3 is 1.87 bits per heavy atom. The van der Waals surface area contributed by atoms with E-state index >= 15 is 0 Å². The SMILES string of the molecule is C=C(C)[C@@H]1CC[C@]2(C(=O)OCCCCCC[P+](c3ccccc3)(c3ccccc3)c3ccccc3)CC[C@]3(C)[C@H](CC[C@@H]4[C@@]5(C)CC[C@H](O[C@@H]6O[C@@H](C)[C@H](O)[C@@H](O)[C@H]6O)C(C)(C)[C@@H]5CC[C@]43C)[C@@H]12.[Br-]. The van der Waals surface area contributed by atoms with Gasteiger partial charge in [-0.1, -0.05) is 101 Å². The molecule has 3 N–H and O–H groups in total. The molecule has 9 rings (SSSR count). The van der Waals surface area contributed by atoms with E-state index in [9.17, 15) is 20.1 Å². The van der Waals surface area contributed by atoms with Gasteiger partial charge in [-0.05, 0) is 191 Å². The summed E-state index contributed by atoms with van der Waals surface area (Å²) in [6.07, 6.45) is 10.2. The number of aliphatic hydroxyl groups excluding tert-OH is 3. The fourth-order valence-electron chi connectivity index (χ4n) is 17.0. The van der Waals surface area contributed by atoms with E-state index in [0.717, 1.165) is 89.6 Å². The van der Waals surface area contributed by atoms with Crippen molar-refractivity contribution in [3.05, 3.63) is 103 Å². The molecule has 1 aliphatic heterocycles. The number of ether oxygens (including phenoxy) is 3. The van der Waals surface area contributed by atoms with Gasteiger partial charge in [0.1, 0.15) is 41.5 Å². The molecule has 0 unspecified atom stereocenters. The lowest BCUT2D eigenvalue weighted by Gasteiger charge is -2.73. The standard InChI is InChI=1S/C60H84O7P.BrH/c1-40(2)45-30-35-60(55(64)65-38-20-9-10-21-39-68(42-22-14-11-15-23-42,43-24-16-12-17-25-43)44-26-18-13-19-27-44)37-36-58(7)46(50(45)60)28-29-48-57(6)33-32-49(56(4,5)47(57)31-34-59(48,58)8)67-54-53(63)52(62)51(61)41(3)66-54;/h11-19,22-27,41,45-54,61-63H,1,9-10,20-21,28-39H2,2-8H3;1H/q+1;/p-1/t41-,45-,46+,47-,48+,49-,50+,51-,52+,53+,54-,57-,58+,59+,60-;/m0./s1. The zero-order valence-electron chi connectivity index (χ0n) is 42.8. The number of allylic oxidation sites excluding steroid dienone is 1. The Labute approximate surface area is 426 Å². The first-order chi connectivity index (χ1) is 32.5. The molecule has 5 aliphatic carbocycles. The highest BCUT2D eigenvalue weighted by atomic mass is 79.9. The molecule has 6 fully saturated rings. The average molecular weight is 1030 g/mol. The quantitative estimate of drug-likeness (QED) is 0.0496. The number of halogens is 1. The van der Waals surface area contributed by atoms with Gasteiger partial charge in [0.05, 0.1) is 30.4 Å². The van der Waals surface area contributed by atoms with E-state index in [-0.39, 0.29) is 56.6 Å². The predicted octanol–water partition coefficient (Wildman–Crippen LogP) is 7.96. The fourth-order valence-corrected chi connectivity index (χ4v) is 21.4. The lowest BCUT2D eigenvalue weighted by molar-refractivity contribution is -0.326. The van der Waals surface area contributed by atoms with E-state index in [0.29, 0.717) is 30.3 Å². The molecule has 0 spiro atoms. The highest BCUT2D eigenvalue weighted by Gasteiger charge is 2.72. The van der Waals surface area contributed by atoms with Gasteiger partial charge in [0.15, 0.2) is 6.29 Å². The Balaban J connectivity index is 0.00000642. The van der Waals surface area contributed by atoms with Crippen molar-refractivity contribution in [2.24, 2.45) is 56.7 Å². The van der Waals surface area contributed by atoms with Gasteiger partial charge in [0.25, 0.3) is 0 Å². The Hall–Kier alpha value is -2.42. The van der Waals surface area contributed by atoms with Gasteiger partial charge in [-0.15, -0.1) is 0 Å². The maximum Gasteiger partial charge on any atom is 0.312 e. The largest absolute Gasteiger partial charge is 1.00 e. The number of aliphatic hydroxyl groups is 3. The molecule has 7 nitrogen and oxygen atoms in total. The molecule has 0 aromatic heterocycles. The second-order valence-corrected chi connectivity index (χ2v) is 27.7. The molecule has 9 heteroatoms. The Morgan fingerprint density at radius 1 is 0.681 bits per heavy atom. The van der Waals surface area contributed by atoms with Crippen molar-refractivity contribution in [2.45, 2.75) is 175 Å². The van der Waals surface area contributed by atoms with Crippen molar-refractivity contribution in [3.8, 4) is 0 Å². The zero-order chi connectivity index (χ0) is 48.3. The average Bonchev–Trinajstić information content (AvgIpc) is 3.74.